The Balaban J connectivity index is 1.44. The lowest BCUT2D eigenvalue weighted by atomic mass is 10.00. The summed E-state index contributed by atoms with van der Waals surface area (Å²) in [4.78, 5) is 24.8. The summed E-state index contributed by atoms with van der Waals surface area (Å²) >= 11 is 0. The Kier molecular flexibility index (Phi) is 10.6. The van der Waals surface area contributed by atoms with Crippen molar-refractivity contribution in [1.29, 1.82) is 0 Å². The maximum absolute atomic E-state index is 14.4. The van der Waals surface area contributed by atoms with Gasteiger partial charge in [-0.2, -0.15) is 0 Å². The number of anilines is 1. The van der Waals surface area contributed by atoms with Gasteiger partial charge in [-0.3, -0.25) is 10.5 Å². The zero-order chi connectivity index (χ0) is 32.0. The number of carbonyl (C=O) groups excluding carboxylic acids is 2. The Morgan fingerprint density at radius 1 is 1.09 bits per heavy atom. The van der Waals surface area contributed by atoms with Crippen LogP contribution in [0.1, 0.15) is 37.7 Å². The summed E-state index contributed by atoms with van der Waals surface area (Å²) in [5.74, 6) is -0.407. The zero-order valence-corrected chi connectivity index (χ0v) is 26.0. The summed E-state index contributed by atoms with van der Waals surface area (Å²) in [6.45, 7) is 0.583. The first kappa shape index (κ1) is 33.1. The van der Waals surface area contributed by atoms with Gasteiger partial charge in [0.2, 0.25) is 15.7 Å². The first-order valence-electron chi connectivity index (χ1n) is 15.3. The second-order valence-corrected chi connectivity index (χ2v) is 13.8. The minimum atomic E-state index is -4.62. The van der Waals surface area contributed by atoms with Gasteiger partial charge in [0.1, 0.15) is 12.2 Å². The fraction of sp³-hybridized carbons (Fsp3) is 0.548. The van der Waals surface area contributed by atoms with Gasteiger partial charge in [-0.15, -0.1) is 0 Å². The summed E-state index contributed by atoms with van der Waals surface area (Å²) in [6.07, 6.45) is -0.800. The zero-order valence-electron chi connectivity index (χ0n) is 25.2. The third-order valence-corrected chi connectivity index (χ3v) is 10.6. The lowest BCUT2D eigenvalue weighted by Crippen LogP contribution is -2.66. The van der Waals surface area contributed by atoms with Crippen molar-refractivity contribution in [3.63, 3.8) is 0 Å². The number of alkyl carbamates (subject to hydrolysis) is 1. The van der Waals surface area contributed by atoms with Crippen molar-refractivity contribution in [1.82, 2.24) is 10.6 Å². The number of amides is 2. The molecule has 5 rings (SSSR count). The van der Waals surface area contributed by atoms with Crippen LogP contribution in [0.5, 0.6) is 0 Å². The summed E-state index contributed by atoms with van der Waals surface area (Å²) in [5, 5.41) is 17.4. The molecule has 2 heterocycles. The monoisotopic (exact) mass is 646 g/mol. The highest BCUT2D eigenvalue weighted by molar-refractivity contribution is 7.92. The molecule has 6 N–H and O–H groups in total. The molecular formula is C31H42N4O9S. The topological polar surface area (TPSA) is 188 Å². The van der Waals surface area contributed by atoms with Crippen molar-refractivity contribution in [2.75, 3.05) is 32.1 Å². The van der Waals surface area contributed by atoms with Gasteiger partial charge in [0, 0.05) is 12.7 Å². The highest BCUT2D eigenvalue weighted by Gasteiger charge is 2.54. The lowest BCUT2D eigenvalue weighted by Gasteiger charge is -2.39. The minimum Gasteiger partial charge on any atom is -0.443 e. The Morgan fingerprint density at radius 2 is 1.84 bits per heavy atom. The van der Waals surface area contributed by atoms with E-state index in [1.54, 1.807) is 30.3 Å². The van der Waals surface area contributed by atoms with E-state index in [1.165, 1.54) is 25.2 Å². The van der Waals surface area contributed by atoms with E-state index in [2.05, 4.69) is 16.0 Å². The number of likely N-dealkylation sites (N-methyl/N-ethyl adjacent to an activating group) is 1. The highest BCUT2D eigenvalue weighted by atomic mass is 32.2. The number of sulfone groups is 1. The van der Waals surface area contributed by atoms with Gasteiger partial charge in [0.15, 0.2) is 6.29 Å². The van der Waals surface area contributed by atoms with E-state index >= 15 is 0 Å². The Morgan fingerprint density at radius 3 is 2.58 bits per heavy atom. The second kappa shape index (κ2) is 14.4. The van der Waals surface area contributed by atoms with E-state index in [9.17, 15) is 23.1 Å². The van der Waals surface area contributed by atoms with Gasteiger partial charge in [0.05, 0.1) is 42.7 Å². The summed E-state index contributed by atoms with van der Waals surface area (Å²) in [7, 11) is -3.13. The molecule has 14 heteroatoms. The molecule has 2 amide bonds. The molecule has 2 aliphatic heterocycles. The molecule has 13 nitrogen and oxygen atoms in total. The fourth-order valence-electron chi connectivity index (χ4n) is 6.05. The minimum absolute atomic E-state index is 0.0314. The number of aliphatic hydroxyl groups is 1. The number of ether oxygens (including phenoxy) is 4. The third-order valence-electron chi connectivity index (χ3n) is 8.59. The normalized spacial score (nSPS) is 24.3. The Bertz CT molecular complexity index is 1420. The largest absolute Gasteiger partial charge is 0.443 e. The molecule has 3 aliphatic rings. The molecule has 0 radical (unpaired) electrons. The highest BCUT2D eigenvalue weighted by Crippen LogP contribution is 2.35. The molecule has 2 aromatic carbocycles. The first-order chi connectivity index (χ1) is 21.6. The number of hydrogen-bond acceptors (Lipinski definition) is 11. The molecule has 0 bridgehead atoms. The average molecular weight is 647 g/mol. The van der Waals surface area contributed by atoms with E-state index in [0.717, 1.165) is 18.4 Å². The van der Waals surface area contributed by atoms with Crippen molar-refractivity contribution in [3.8, 4) is 0 Å². The van der Waals surface area contributed by atoms with Crippen LogP contribution in [0, 0.1) is 5.92 Å². The molecule has 2 aromatic rings. The molecular weight excluding hydrogens is 604 g/mol. The molecule has 0 spiro atoms. The van der Waals surface area contributed by atoms with Crippen molar-refractivity contribution >= 4 is 27.5 Å². The van der Waals surface area contributed by atoms with E-state index < -0.39 is 51.6 Å². The van der Waals surface area contributed by atoms with Crippen molar-refractivity contribution in [2.45, 2.75) is 79.1 Å². The summed E-state index contributed by atoms with van der Waals surface area (Å²) < 4.78 is 51.7. The lowest BCUT2D eigenvalue weighted by molar-refractivity contribution is -0.118. The number of benzene rings is 2. The predicted molar refractivity (Wildman–Crippen MR) is 164 cm³/mol. The molecule has 0 aromatic heterocycles. The van der Waals surface area contributed by atoms with Crippen LogP contribution in [0.4, 0.5) is 10.5 Å². The van der Waals surface area contributed by atoms with Crippen LogP contribution in [-0.4, -0.2) is 88.0 Å². The van der Waals surface area contributed by atoms with Gasteiger partial charge in [0.25, 0.3) is 5.06 Å². The number of nitrogens with two attached hydrogens (primary N) is 1. The second-order valence-electron chi connectivity index (χ2n) is 11.7. The number of aliphatic hydroxyl groups excluding tert-OH is 1. The number of nitrogens with one attached hydrogen (secondary N) is 3. The van der Waals surface area contributed by atoms with Crippen LogP contribution in [0.2, 0.25) is 0 Å². The maximum Gasteiger partial charge on any atom is 0.407 e. The van der Waals surface area contributed by atoms with Crippen LogP contribution in [0.3, 0.4) is 0 Å². The van der Waals surface area contributed by atoms with E-state index in [1.807, 2.05) is 6.07 Å². The quantitative estimate of drug-likeness (QED) is 0.199. The average Bonchev–Trinajstić information content (AvgIpc) is 3.81. The van der Waals surface area contributed by atoms with Crippen LogP contribution in [0.15, 0.2) is 59.5 Å². The van der Waals surface area contributed by atoms with E-state index in [-0.39, 0.29) is 36.3 Å². The van der Waals surface area contributed by atoms with Gasteiger partial charge < -0.3 is 40.0 Å². The molecule has 1 aliphatic carbocycles. The number of carbonyl (C=O) groups is 2. The fourth-order valence-corrected chi connectivity index (χ4v) is 7.70. The maximum atomic E-state index is 14.4. The molecule has 2 saturated heterocycles. The first-order valence-corrected chi connectivity index (χ1v) is 16.8. The molecule has 1 saturated carbocycles. The molecule has 246 valence electrons. The molecule has 6 unspecified atom stereocenters. The van der Waals surface area contributed by atoms with Crippen molar-refractivity contribution in [3.05, 3.63) is 60.2 Å². The number of fused-ring (bicyclic) bond motifs is 1. The molecule has 6 atom stereocenters. The van der Waals surface area contributed by atoms with Crippen LogP contribution >= 0.6 is 0 Å². The summed E-state index contributed by atoms with van der Waals surface area (Å²) in [6, 6.07) is 13.6. The predicted octanol–water partition coefficient (Wildman–Crippen LogP) is 1.65. The van der Waals surface area contributed by atoms with Crippen LogP contribution < -0.4 is 21.7 Å². The molecule has 45 heavy (non-hydrogen) atoms. The van der Waals surface area contributed by atoms with Gasteiger partial charge in [-0.05, 0) is 49.4 Å². The SMILES string of the molecule is CNC(=O)CNc1cccc(S(=O)(=O)C(N)(OC2CCCC2)C(O)C(Cc2ccccc2)NC(=O)OC2COC3OCCC23)c1. The van der Waals surface area contributed by atoms with Crippen LogP contribution in [0.25, 0.3) is 0 Å². The van der Waals surface area contributed by atoms with E-state index in [4.69, 9.17) is 24.7 Å². The van der Waals surface area contributed by atoms with Gasteiger partial charge in [-0.1, -0.05) is 49.2 Å². The van der Waals surface area contributed by atoms with Gasteiger partial charge >= 0.3 is 6.09 Å². The Labute approximate surface area is 263 Å². The third kappa shape index (κ3) is 7.59. The van der Waals surface area contributed by atoms with Crippen LogP contribution in [-0.2, 0) is 40.0 Å². The smallest absolute Gasteiger partial charge is 0.407 e. The summed E-state index contributed by atoms with van der Waals surface area (Å²) in [5.41, 5.74) is 7.79. The van der Waals surface area contributed by atoms with Gasteiger partial charge in [-0.25, -0.2) is 13.2 Å². The van der Waals surface area contributed by atoms with E-state index in [0.29, 0.717) is 31.6 Å². The molecule has 3 fully saturated rings. The standard InChI is InChI=1S/C31H42N4O9S/c1-33-27(36)18-34-21-10-7-13-23(17-21)45(39,40)31(32,44-22-11-5-6-12-22)28(37)25(16-20-8-3-2-4-9-20)35-30(38)43-26-19-42-29-24(26)14-15-41-29/h2-4,7-10,13,17,22,24-26,28-29,34,37H,5-6,11-12,14-16,18-19,32H2,1H3,(H,33,36)(H,35,38). The number of rotatable bonds is 13. The van der Waals surface area contributed by atoms with Crippen molar-refractivity contribution < 1.29 is 42.1 Å². The Hall–Kier alpha value is -3.27. The van der Waals surface area contributed by atoms with Crippen molar-refractivity contribution in [2.24, 2.45) is 11.7 Å². The number of hydrogen-bond donors (Lipinski definition) is 5.